The normalized spacial score (nSPS) is 16.9. The van der Waals surface area contributed by atoms with Crippen LogP contribution in [0.15, 0.2) is 90.5 Å². The van der Waals surface area contributed by atoms with Gasteiger partial charge in [-0.1, -0.05) is 67.1 Å². The first-order valence-corrected chi connectivity index (χ1v) is 12.6. The van der Waals surface area contributed by atoms with Crippen molar-refractivity contribution in [3.8, 4) is 5.75 Å². The van der Waals surface area contributed by atoms with Crippen LogP contribution in [0.4, 0.5) is 5.69 Å². The number of benzene rings is 4. The topological polar surface area (TPSA) is 66.8 Å². The second-order valence-corrected chi connectivity index (χ2v) is 9.48. The first-order chi connectivity index (χ1) is 17.9. The van der Waals surface area contributed by atoms with Crippen LogP contribution in [0, 0.1) is 6.92 Å². The van der Waals surface area contributed by atoms with E-state index in [1.165, 1.54) is 4.90 Å². The molecule has 37 heavy (non-hydrogen) atoms. The minimum Gasteiger partial charge on any atom is -0.507 e. The maximum absolute atomic E-state index is 13.5. The van der Waals surface area contributed by atoms with Gasteiger partial charge in [-0.15, -0.1) is 0 Å². The molecule has 1 aliphatic rings. The molecule has 0 saturated carbocycles. The van der Waals surface area contributed by atoms with Crippen molar-refractivity contribution in [3.05, 3.63) is 112 Å². The van der Waals surface area contributed by atoms with Crippen molar-refractivity contribution in [1.82, 2.24) is 0 Å². The number of nitrogens with zero attached hydrogens (tertiary/aromatic N) is 1. The van der Waals surface area contributed by atoms with Crippen molar-refractivity contribution < 1.29 is 19.4 Å². The summed E-state index contributed by atoms with van der Waals surface area (Å²) in [7, 11) is 0. The molecule has 1 heterocycles. The molecular weight excluding hydrogens is 486 g/mol. The maximum atomic E-state index is 13.5. The van der Waals surface area contributed by atoms with Crippen LogP contribution in [0.2, 0.25) is 5.02 Å². The Kier molecular flexibility index (Phi) is 6.72. The molecule has 5 nitrogen and oxygen atoms in total. The van der Waals surface area contributed by atoms with E-state index in [0.29, 0.717) is 28.6 Å². The molecule has 4 aromatic rings. The van der Waals surface area contributed by atoms with Crippen molar-refractivity contribution in [1.29, 1.82) is 0 Å². The van der Waals surface area contributed by atoms with E-state index in [-0.39, 0.29) is 11.3 Å². The van der Waals surface area contributed by atoms with Crippen LogP contribution in [0.3, 0.4) is 0 Å². The lowest BCUT2D eigenvalue weighted by molar-refractivity contribution is -0.132. The molecule has 0 radical (unpaired) electrons. The Balaban J connectivity index is 1.74. The molecule has 6 heteroatoms. The van der Waals surface area contributed by atoms with E-state index in [9.17, 15) is 14.7 Å². The van der Waals surface area contributed by atoms with Gasteiger partial charge in [0.1, 0.15) is 11.5 Å². The number of Topliss-reactive ketones (excluding diaryl/α,β-unsaturated/α-hetero) is 1. The third kappa shape index (κ3) is 4.47. The summed E-state index contributed by atoms with van der Waals surface area (Å²) < 4.78 is 5.77. The number of fused-ring (bicyclic) bond motifs is 1. The Bertz CT molecular complexity index is 1550. The highest BCUT2D eigenvalue weighted by Gasteiger charge is 2.47. The van der Waals surface area contributed by atoms with Crippen LogP contribution in [-0.2, 0) is 9.59 Å². The van der Waals surface area contributed by atoms with Crippen LogP contribution < -0.4 is 9.64 Å². The Labute approximate surface area is 220 Å². The third-order valence-corrected chi connectivity index (χ3v) is 6.79. The first kappa shape index (κ1) is 24.6. The molecule has 1 fully saturated rings. The molecular formula is C31H26ClNO4. The Morgan fingerprint density at radius 3 is 2.49 bits per heavy atom. The van der Waals surface area contributed by atoms with Crippen molar-refractivity contribution in [3.63, 3.8) is 0 Å². The van der Waals surface area contributed by atoms with E-state index in [1.54, 1.807) is 42.5 Å². The Hall–Kier alpha value is -4.09. The van der Waals surface area contributed by atoms with E-state index in [4.69, 9.17) is 16.3 Å². The van der Waals surface area contributed by atoms with Crippen LogP contribution >= 0.6 is 11.6 Å². The highest BCUT2D eigenvalue weighted by molar-refractivity contribution is 6.52. The standard InChI is InChI=1S/C31H26ClNO4/c1-3-16-37-26-15-14-21(17-19(26)2)29(34)27-28(25-13-6-9-20-8-4-5-12-24(20)25)33(31(36)30(27)35)23-11-7-10-22(32)18-23/h4-15,17-18,28,34H,3,16H2,1-2H3/b29-27-. The van der Waals surface area contributed by atoms with Gasteiger partial charge in [-0.05, 0) is 71.6 Å². The van der Waals surface area contributed by atoms with Crippen molar-refractivity contribution in [2.45, 2.75) is 26.3 Å². The lowest BCUT2D eigenvalue weighted by atomic mass is 9.91. The molecule has 1 saturated heterocycles. The zero-order valence-corrected chi connectivity index (χ0v) is 21.3. The van der Waals surface area contributed by atoms with E-state index < -0.39 is 17.7 Å². The Morgan fingerprint density at radius 2 is 1.73 bits per heavy atom. The molecule has 1 unspecified atom stereocenters. The second kappa shape index (κ2) is 10.1. The SMILES string of the molecule is CCCOc1ccc(/C(O)=C2/C(=O)C(=O)N(c3cccc(Cl)c3)C2c2cccc3ccccc23)cc1C. The van der Waals surface area contributed by atoms with Gasteiger partial charge in [0.25, 0.3) is 11.7 Å². The van der Waals surface area contributed by atoms with Gasteiger partial charge < -0.3 is 9.84 Å². The number of carbonyl (C=O) groups excluding carboxylic acids is 2. The van der Waals surface area contributed by atoms with Crippen LogP contribution in [0.5, 0.6) is 5.75 Å². The van der Waals surface area contributed by atoms with Crippen molar-refractivity contribution >= 4 is 45.5 Å². The third-order valence-electron chi connectivity index (χ3n) is 6.56. The van der Waals surface area contributed by atoms with Gasteiger partial charge in [0.05, 0.1) is 18.2 Å². The molecule has 4 aromatic carbocycles. The predicted molar refractivity (Wildman–Crippen MR) is 147 cm³/mol. The van der Waals surface area contributed by atoms with Gasteiger partial charge in [0, 0.05) is 16.3 Å². The van der Waals surface area contributed by atoms with Crippen LogP contribution in [0.1, 0.15) is 36.1 Å². The molecule has 0 aliphatic carbocycles. The number of ketones is 1. The fraction of sp³-hybridized carbons (Fsp3) is 0.161. The smallest absolute Gasteiger partial charge is 0.300 e. The molecule has 5 rings (SSSR count). The zero-order chi connectivity index (χ0) is 26.1. The molecule has 1 atom stereocenters. The average Bonchev–Trinajstić information content (AvgIpc) is 3.17. The number of aliphatic hydroxyl groups is 1. The van der Waals surface area contributed by atoms with Gasteiger partial charge in [-0.3, -0.25) is 14.5 Å². The summed E-state index contributed by atoms with van der Waals surface area (Å²) in [6, 6.07) is 24.8. The zero-order valence-electron chi connectivity index (χ0n) is 20.6. The van der Waals surface area contributed by atoms with Crippen molar-refractivity contribution in [2.75, 3.05) is 11.5 Å². The van der Waals surface area contributed by atoms with Gasteiger partial charge >= 0.3 is 0 Å². The second-order valence-electron chi connectivity index (χ2n) is 9.05. The minimum absolute atomic E-state index is 0.0305. The maximum Gasteiger partial charge on any atom is 0.300 e. The molecule has 1 N–H and O–H groups in total. The number of carbonyl (C=O) groups is 2. The summed E-state index contributed by atoms with van der Waals surface area (Å²) >= 11 is 6.26. The summed E-state index contributed by atoms with van der Waals surface area (Å²) in [5.41, 5.74) is 2.51. The van der Waals surface area contributed by atoms with Crippen LogP contribution in [0.25, 0.3) is 16.5 Å². The number of aryl methyl sites for hydroxylation is 1. The number of hydrogen-bond acceptors (Lipinski definition) is 4. The summed E-state index contributed by atoms with van der Waals surface area (Å²) in [6.45, 7) is 4.49. The number of hydrogen-bond donors (Lipinski definition) is 1. The Morgan fingerprint density at radius 1 is 0.973 bits per heavy atom. The van der Waals surface area contributed by atoms with E-state index in [2.05, 4.69) is 0 Å². The summed E-state index contributed by atoms with van der Waals surface area (Å²) in [5.74, 6) is -0.991. The highest BCUT2D eigenvalue weighted by Crippen LogP contribution is 2.44. The lowest BCUT2D eigenvalue weighted by Gasteiger charge is -2.26. The summed E-state index contributed by atoms with van der Waals surface area (Å²) in [4.78, 5) is 28.4. The van der Waals surface area contributed by atoms with Gasteiger partial charge in [0.2, 0.25) is 0 Å². The van der Waals surface area contributed by atoms with Gasteiger partial charge in [0.15, 0.2) is 0 Å². The molecule has 0 aromatic heterocycles. The number of anilines is 1. The number of amides is 1. The molecule has 0 spiro atoms. The average molecular weight is 512 g/mol. The first-order valence-electron chi connectivity index (χ1n) is 12.2. The van der Waals surface area contributed by atoms with Crippen molar-refractivity contribution in [2.24, 2.45) is 0 Å². The van der Waals surface area contributed by atoms with Gasteiger partial charge in [-0.25, -0.2) is 0 Å². The van der Waals surface area contributed by atoms with E-state index in [1.807, 2.05) is 56.3 Å². The lowest BCUT2D eigenvalue weighted by Crippen LogP contribution is -2.29. The van der Waals surface area contributed by atoms with E-state index >= 15 is 0 Å². The minimum atomic E-state index is -0.846. The molecule has 0 bridgehead atoms. The fourth-order valence-corrected chi connectivity index (χ4v) is 5.02. The molecule has 1 amide bonds. The van der Waals surface area contributed by atoms with Gasteiger partial charge in [-0.2, -0.15) is 0 Å². The number of halogens is 1. The number of rotatable bonds is 6. The van der Waals surface area contributed by atoms with Crippen LogP contribution in [-0.4, -0.2) is 23.4 Å². The summed E-state index contributed by atoms with van der Waals surface area (Å²) in [6.07, 6.45) is 0.874. The molecule has 186 valence electrons. The predicted octanol–water partition coefficient (Wildman–Crippen LogP) is 7.22. The largest absolute Gasteiger partial charge is 0.507 e. The number of ether oxygens (including phenoxy) is 1. The number of aliphatic hydroxyl groups excluding tert-OH is 1. The fourth-order valence-electron chi connectivity index (χ4n) is 4.83. The monoisotopic (exact) mass is 511 g/mol. The molecule has 1 aliphatic heterocycles. The highest BCUT2D eigenvalue weighted by atomic mass is 35.5. The quantitative estimate of drug-likeness (QED) is 0.169. The summed E-state index contributed by atoms with van der Waals surface area (Å²) in [5, 5.41) is 13.8. The van der Waals surface area contributed by atoms with E-state index in [0.717, 1.165) is 28.3 Å².